The van der Waals surface area contributed by atoms with E-state index in [2.05, 4.69) is 5.32 Å². The van der Waals surface area contributed by atoms with Crippen LogP contribution >= 0.6 is 0 Å². The average Bonchev–Trinajstić information content (AvgIpc) is 2.72. The zero-order chi connectivity index (χ0) is 20.7. The molecule has 148 valence electrons. The number of carbonyl (C=O) groups excluding carboxylic acids is 2. The average molecular weight is 385 g/mol. The smallest absolute Gasteiger partial charge is 0.338 e. The zero-order valence-electron chi connectivity index (χ0n) is 16.5. The van der Waals surface area contributed by atoms with Crippen LogP contribution < -0.4 is 19.5 Å². The summed E-state index contributed by atoms with van der Waals surface area (Å²) in [5.41, 5.74) is 2.19. The van der Waals surface area contributed by atoms with E-state index in [0.29, 0.717) is 39.6 Å². The highest BCUT2D eigenvalue weighted by Gasteiger charge is 2.15. The van der Waals surface area contributed by atoms with Crippen LogP contribution in [0.1, 0.15) is 21.5 Å². The van der Waals surface area contributed by atoms with Gasteiger partial charge in [0, 0.05) is 17.3 Å². The summed E-state index contributed by atoms with van der Waals surface area (Å²) >= 11 is 0. The van der Waals surface area contributed by atoms with Crippen molar-refractivity contribution < 1.29 is 28.5 Å². The van der Waals surface area contributed by atoms with Gasteiger partial charge in [-0.25, -0.2) is 4.79 Å². The summed E-state index contributed by atoms with van der Waals surface area (Å²) < 4.78 is 20.7. The van der Waals surface area contributed by atoms with Crippen molar-refractivity contribution in [1.82, 2.24) is 0 Å². The molecule has 1 N–H and O–H groups in total. The van der Waals surface area contributed by atoms with Crippen molar-refractivity contribution in [3.05, 3.63) is 53.1 Å². The van der Waals surface area contributed by atoms with Crippen molar-refractivity contribution >= 4 is 23.6 Å². The lowest BCUT2D eigenvalue weighted by Gasteiger charge is -2.14. The molecule has 7 heteroatoms. The second kappa shape index (κ2) is 9.45. The molecule has 0 fully saturated rings. The first-order valence-electron chi connectivity index (χ1n) is 8.42. The first-order valence-corrected chi connectivity index (χ1v) is 8.42. The van der Waals surface area contributed by atoms with Gasteiger partial charge >= 0.3 is 5.97 Å². The van der Waals surface area contributed by atoms with E-state index in [0.717, 1.165) is 0 Å². The standard InChI is InChI=1S/C21H23NO6/c1-13-15(21(24)28-5)7-6-8-16(13)22-18(23)12-10-14-9-11-17(25-2)20(27-4)19(14)26-3/h6-12H,1-5H3,(H,22,23). The fraction of sp³-hybridized carbons (Fsp3) is 0.238. The van der Waals surface area contributed by atoms with E-state index in [1.54, 1.807) is 43.3 Å². The Morgan fingerprint density at radius 3 is 2.25 bits per heavy atom. The predicted molar refractivity (Wildman–Crippen MR) is 106 cm³/mol. The predicted octanol–water partition coefficient (Wildman–Crippen LogP) is 3.46. The first-order chi connectivity index (χ1) is 13.5. The summed E-state index contributed by atoms with van der Waals surface area (Å²) in [5.74, 6) is 0.598. The molecule has 0 atom stereocenters. The van der Waals surface area contributed by atoms with Crippen molar-refractivity contribution in [3.8, 4) is 17.2 Å². The number of hydrogen-bond acceptors (Lipinski definition) is 6. The molecule has 28 heavy (non-hydrogen) atoms. The number of methoxy groups -OCH3 is 4. The molecule has 2 aromatic rings. The van der Waals surface area contributed by atoms with E-state index >= 15 is 0 Å². The third-order valence-corrected chi connectivity index (χ3v) is 4.15. The third-order valence-electron chi connectivity index (χ3n) is 4.15. The molecule has 1 amide bonds. The van der Waals surface area contributed by atoms with Gasteiger partial charge in [-0.3, -0.25) is 4.79 Å². The van der Waals surface area contributed by atoms with Crippen LogP contribution in [-0.4, -0.2) is 40.3 Å². The maximum Gasteiger partial charge on any atom is 0.338 e. The second-order valence-electron chi connectivity index (χ2n) is 5.72. The first kappa shape index (κ1) is 20.8. The molecule has 0 aliphatic heterocycles. The topological polar surface area (TPSA) is 83.1 Å². The second-order valence-corrected chi connectivity index (χ2v) is 5.72. The molecular formula is C21H23NO6. The Labute approximate surface area is 163 Å². The number of benzene rings is 2. The van der Waals surface area contributed by atoms with Gasteiger partial charge < -0.3 is 24.3 Å². The van der Waals surface area contributed by atoms with Crippen LogP contribution in [0.25, 0.3) is 6.08 Å². The Morgan fingerprint density at radius 1 is 0.929 bits per heavy atom. The number of rotatable bonds is 7. The minimum atomic E-state index is -0.459. The molecule has 0 aliphatic carbocycles. The van der Waals surface area contributed by atoms with Crippen molar-refractivity contribution in [2.24, 2.45) is 0 Å². The quantitative estimate of drug-likeness (QED) is 0.581. The maximum absolute atomic E-state index is 12.4. The number of esters is 1. The zero-order valence-corrected chi connectivity index (χ0v) is 16.5. The molecule has 7 nitrogen and oxygen atoms in total. The molecule has 0 saturated heterocycles. The summed E-state index contributed by atoms with van der Waals surface area (Å²) in [6.45, 7) is 1.74. The Hall–Kier alpha value is -3.48. The molecule has 0 heterocycles. The van der Waals surface area contributed by atoms with Crippen molar-refractivity contribution in [1.29, 1.82) is 0 Å². The molecular weight excluding hydrogens is 362 g/mol. The molecule has 0 radical (unpaired) electrons. The molecule has 0 unspecified atom stereocenters. The van der Waals surface area contributed by atoms with Gasteiger partial charge in [-0.1, -0.05) is 6.07 Å². The van der Waals surface area contributed by atoms with E-state index in [9.17, 15) is 9.59 Å². The molecule has 2 rings (SSSR count). The van der Waals surface area contributed by atoms with Crippen LogP contribution in [0.2, 0.25) is 0 Å². The Morgan fingerprint density at radius 2 is 1.64 bits per heavy atom. The number of hydrogen-bond donors (Lipinski definition) is 1. The van der Waals surface area contributed by atoms with Gasteiger partial charge in [-0.05, 0) is 42.8 Å². The molecule has 0 spiro atoms. The summed E-state index contributed by atoms with van der Waals surface area (Å²) in [6, 6.07) is 8.51. The summed E-state index contributed by atoms with van der Waals surface area (Å²) in [6.07, 6.45) is 2.98. The van der Waals surface area contributed by atoms with E-state index in [1.807, 2.05) is 0 Å². The highest BCUT2D eigenvalue weighted by molar-refractivity contribution is 6.03. The van der Waals surface area contributed by atoms with Crippen molar-refractivity contribution in [2.45, 2.75) is 6.92 Å². The number of nitrogens with one attached hydrogen (secondary N) is 1. The maximum atomic E-state index is 12.4. The van der Waals surface area contributed by atoms with Crippen LogP contribution in [0.15, 0.2) is 36.4 Å². The number of ether oxygens (including phenoxy) is 4. The monoisotopic (exact) mass is 385 g/mol. The van der Waals surface area contributed by atoms with E-state index in [1.165, 1.54) is 34.5 Å². The number of amides is 1. The normalized spacial score (nSPS) is 10.5. The lowest BCUT2D eigenvalue weighted by molar-refractivity contribution is -0.111. The van der Waals surface area contributed by atoms with Crippen LogP contribution in [-0.2, 0) is 9.53 Å². The highest BCUT2D eigenvalue weighted by Crippen LogP contribution is 2.40. The molecule has 0 bridgehead atoms. The van der Waals surface area contributed by atoms with Crippen molar-refractivity contribution in [3.63, 3.8) is 0 Å². The molecule has 0 saturated carbocycles. The van der Waals surface area contributed by atoms with Gasteiger partial charge in [0.25, 0.3) is 0 Å². The minimum absolute atomic E-state index is 0.359. The highest BCUT2D eigenvalue weighted by atomic mass is 16.5. The van der Waals surface area contributed by atoms with Crippen LogP contribution in [0, 0.1) is 6.92 Å². The Kier molecular flexibility index (Phi) is 7.03. The Balaban J connectivity index is 2.25. The molecule has 0 aromatic heterocycles. The van der Waals surface area contributed by atoms with Gasteiger partial charge in [0.2, 0.25) is 11.7 Å². The SMILES string of the molecule is COC(=O)c1cccc(NC(=O)C=Cc2ccc(OC)c(OC)c2OC)c1C. The van der Waals surface area contributed by atoms with Gasteiger partial charge in [-0.15, -0.1) is 0 Å². The van der Waals surface area contributed by atoms with Crippen molar-refractivity contribution in [2.75, 3.05) is 33.8 Å². The Bertz CT molecular complexity index is 904. The van der Waals surface area contributed by atoms with E-state index in [-0.39, 0.29) is 5.91 Å². The molecule has 2 aromatic carbocycles. The summed E-state index contributed by atoms with van der Waals surface area (Å²) in [7, 11) is 5.87. The summed E-state index contributed by atoms with van der Waals surface area (Å²) in [5, 5.41) is 2.76. The third kappa shape index (κ3) is 4.43. The van der Waals surface area contributed by atoms with Crippen LogP contribution in [0.4, 0.5) is 5.69 Å². The van der Waals surface area contributed by atoms with Gasteiger partial charge in [-0.2, -0.15) is 0 Å². The summed E-state index contributed by atoms with van der Waals surface area (Å²) in [4.78, 5) is 24.1. The van der Waals surface area contributed by atoms with Gasteiger partial charge in [0.1, 0.15) is 0 Å². The van der Waals surface area contributed by atoms with E-state index < -0.39 is 5.97 Å². The fourth-order valence-electron chi connectivity index (χ4n) is 2.70. The van der Waals surface area contributed by atoms with Gasteiger partial charge in [0.05, 0.1) is 34.0 Å². The lowest BCUT2D eigenvalue weighted by atomic mass is 10.1. The van der Waals surface area contributed by atoms with Gasteiger partial charge in [0.15, 0.2) is 11.5 Å². The van der Waals surface area contributed by atoms with Crippen LogP contribution in [0.3, 0.4) is 0 Å². The van der Waals surface area contributed by atoms with E-state index in [4.69, 9.17) is 18.9 Å². The molecule has 0 aliphatic rings. The number of carbonyl (C=O) groups is 2. The fourth-order valence-corrected chi connectivity index (χ4v) is 2.70. The minimum Gasteiger partial charge on any atom is -0.493 e. The largest absolute Gasteiger partial charge is 0.493 e. The van der Waals surface area contributed by atoms with Crippen LogP contribution in [0.5, 0.6) is 17.2 Å². The lowest BCUT2D eigenvalue weighted by Crippen LogP contribution is -2.11. The number of anilines is 1.